The summed E-state index contributed by atoms with van der Waals surface area (Å²) in [5, 5.41) is 6.69. The molecular weight excluding hydrogens is 391 g/mol. The molecule has 0 spiro atoms. The molecule has 0 saturated carbocycles. The Balaban J connectivity index is 1.54. The predicted molar refractivity (Wildman–Crippen MR) is 106 cm³/mol. The van der Waals surface area contributed by atoms with Crippen LogP contribution in [0.5, 0.6) is 5.75 Å². The van der Waals surface area contributed by atoms with Crippen LogP contribution in [0.25, 0.3) is 22.4 Å². The Bertz CT molecular complexity index is 1260. The van der Waals surface area contributed by atoms with Crippen molar-refractivity contribution < 1.29 is 18.4 Å². The quantitative estimate of drug-likeness (QED) is 0.526. The Kier molecular flexibility index (Phi) is 5.25. The summed E-state index contributed by atoms with van der Waals surface area (Å²) in [6.45, 7) is 0.0702. The molecule has 0 aliphatic carbocycles. The van der Waals surface area contributed by atoms with E-state index in [-0.39, 0.29) is 29.2 Å². The van der Waals surface area contributed by atoms with Gasteiger partial charge in [-0.1, -0.05) is 29.4 Å². The van der Waals surface area contributed by atoms with E-state index in [9.17, 15) is 14.0 Å². The Hall–Kier alpha value is -4.01. The first-order valence-electron chi connectivity index (χ1n) is 9.05. The third kappa shape index (κ3) is 3.90. The zero-order chi connectivity index (χ0) is 21.1. The van der Waals surface area contributed by atoms with Crippen molar-refractivity contribution in [2.75, 3.05) is 7.11 Å². The molecule has 0 radical (unpaired) electrons. The van der Waals surface area contributed by atoms with Gasteiger partial charge in [0.2, 0.25) is 5.91 Å². The maximum Gasteiger partial charge on any atom is 0.267 e. The molecule has 0 unspecified atom stereocenters. The van der Waals surface area contributed by atoms with Gasteiger partial charge in [0.25, 0.3) is 11.3 Å². The number of carbonyl (C=O) groups excluding carboxylic acids is 1. The van der Waals surface area contributed by atoms with E-state index in [0.717, 1.165) is 15.9 Å². The fourth-order valence-electron chi connectivity index (χ4n) is 2.98. The normalized spacial score (nSPS) is 10.9. The number of fused-ring (bicyclic) bond motifs is 1. The number of aromatic nitrogens is 3. The summed E-state index contributed by atoms with van der Waals surface area (Å²) in [5.74, 6) is -0.109. The molecule has 152 valence electrons. The van der Waals surface area contributed by atoms with Gasteiger partial charge >= 0.3 is 0 Å². The summed E-state index contributed by atoms with van der Waals surface area (Å²) in [7, 11) is 1.58. The number of benzene rings is 2. The monoisotopic (exact) mass is 408 g/mol. The van der Waals surface area contributed by atoms with Crippen LogP contribution in [-0.4, -0.2) is 27.7 Å². The third-order valence-corrected chi connectivity index (χ3v) is 4.52. The minimum Gasteiger partial charge on any atom is -0.497 e. The summed E-state index contributed by atoms with van der Waals surface area (Å²) in [5.41, 5.74) is 0.969. The second-order valence-corrected chi connectivity index (χ2v) is 6.52. The van der Waals surface area contributed by atoms with E-state index >= 15 is 0 Å². The van der Waals surface area contributed by atoms with Gasteiger partial charge in [0.05, 0.1) is 7.11 Å². The molecule has 0 saturated heterocycles. The van der Waals surface area contributed by atoms with Crippen molar-refractivity contribution in [2.45, 2.75) is 13.1 Å². The minimum absolute atomic E-state index is 0.0224. The first-order valence-corrected chi connectivity index (χ1v) is 9.05. The van der Waals surface area contributed by atoms with E-state index < -0.39 is 11.4 Å². The summed E-state index contributed by atoms with van der Waals surface area (Å²) >= 11 is 0. The van der Waals surface area contributed by atoms with Crippen molar-refractivity contribution in [3.63, 3.8) is 0 Å². The van der Waals surface area contributed by atoms with E-state index in [1.807, 2.05) is 12.1 Å². The molecule has 0 bridgehead atoms. The predicted octanol–water partition coefficient (Wildman–Crippen LogP) is 2.52. The summed E-state index contributed by atoms with van der Waals surface area (Å²) < 4.78 is 24.9. The highest BCUT2D eigenvalue weighted by atomic mass is 19.1. The van der Waals surface area contributed by atoms with Gasteiger partial charge < -0.3 is 14.6 Å². The van der Waals surface area contributed by atoms with Gasteiger partial charge in [0, 0.05) is 12.1 Å². The van der Waals surface area contributed by atoms with E-state index in [1.54, 1.807) is 25.3 Å². The number of nitrogens with one attached hydrogen (secondary N) is 1. The van der Waals surface area contributed by atoms with Crippen LogP contribution in [0.2, 0.25) is 0 Å². The number of hydrogen-bond donors (Lipinski definition) is 1. The molecular formula is C21H17FN4O4. The molecule has 8 nitrogen and oxygen atoms in total. The van der Waals surface area contributed by atoms with Crippen LogP contribution in [0, 0.1) is 5.82 Å². The van der Waals surface area contributed by atoms with Gasteiger partial charge in [-0.25, -0.2) is 9.37 Å². The molecule has 1 amide bonds. The molecule has 0 fully saturated rings. The number of ether oxygens (including phenoxy) is 1. The average molecular weight is 408 g/mol. The molecule has 4 rings (SSSR count). The highest BCUT2D eigenvalue weighted by Gasteiger charge is 2.18. The Morgan fingerprint density at radius 2 is 2.03 bits per heavy atom. The van der Waals surface area contributed by atoms with Gasteiger partial charge in [0.15, 0.2) is 0 Å². The molecule has 30 heavy (non-hydrogen) atoms. The third-order valence-electron chi connectivity index (χ3n) is 4.52. The first kappa shape index (κ1) is 19.3. The molecule has 2 heterocycles. The van der Waals surface area contributed by atoms with E-state index in [1.165, 1.54) is 24.5 Å². The summed E-state index contributed by atoms with van der Waals surface area (Å²) in [6, 6.07) is 12.9. The molecule has 0 atom stereocenters. The van der Waals surface area contributed by atoms with Crippen molar-refractivity contribution in [1.82, 2.24) is 20.0 Å². The number of hydrogen-bond acceptors (Lipinski definition) is 6. The minimum atomic E-state index is -0.500. The Morgan fingerprint density at radius 1 is 1.23 bits per heavy atom. The second kappa shape index (κ2) is 8.16. The number of halogens is 1. The molecule has 0 aliphatic heterocycles. The van der Waals surface area contributed by atoms with Crippen LogP contribution in [0.4, 0.5) is 4.39 Å². The number of carbonyl (C=O) groups is 1. The lowest BCUT2D eigenvalue weighted by Crippen LogP contribution is -2.32. The van der Waals surface area contributed by atoms with Crippen LogP contribution < -0.4 is 15.6 Å². The highest BCUT2D eigenvalue weighted by Crippen LogP contribution is 2.24. The van der Waals surface area contributed by atoms with Crippen molar-refractivity contribution in [3.05, 3.63) is 76.6 Å². The number of amides is 1. The van der Waals surface area contributed by atoms with Crippen LogP contribution in [-0.2, 0) is 17.9 Å². The molecule has 1 N–H and O–H groups in total. The largest absolute Gasteiger partial charge is 0.497 e. The summed E-state index contributed by atoms with van der Waals surface area (Å²) in [6.07, 6.45) is 1.22. The number of methoxy groups -OCH3 is 1. The first-order chi connectivity index (χ1) is 14.5. The molecule has 0 aliphatic rings. The van der Waals surface area contributed by atoms with Gasteiger partial charge in [0.1, 0.15) is 35.5 Å². The lowest BCUT2D eigenvalue weighted by molar-refractivity contribution is -0.121. The van der Waals surface area contributed by atoms with Crippen LogP contribution in [0.3, 0.4) is 0 Å². The van der Waals surface area contributed by atoms with E-state index in [0.29, 0.717) is 12.1 Å². The standard InChI is InChI=1S/C21H17FN4O4/c1-29-16-7-5-13(6-8-16)10-23-17(27)11-26-12-24-20-18(21(26)28)19(25-30-20)14-3-2-4-15(22)9-14/h2-9,12H,10-11H2,1H3,(H,23,27). The lowest BCUT2D eigenvalue weighted by Gasteiger charge is -2.08. The van der Waals surface area contributed by atoms with Crippen molar-refractivity contribution in [3.8, 4) is 17.0 Å². The lowest BCUT2D eigenvalue weighted by atomic mass is 10.1. The fourth-order valence-corrected chi connectivity index (χ4v) is 2.98. The highest BCUT2D eigenvalue weighted by molar-refractivity contribution is 5.88. The fraction of sp³-hybridized carbons (Fsp3) is 0.143. The average Bonchev–Trinajstić information content (AvgIpc) is 3.20. The Morgan fingerprint density at radius 3 is 2.77 bits per heavy atom. The molecule has 2 aromatic carbocycles. The number of rotatable bonds is 6. The van der Waals surface area contributed by atoms with Gasteiger partial charge in [-0.3, -0.25) is 14.2 Å². The zero-order valence-corrected chi connectivity index (χ0v) is 16.0. The molecule has 4 aromatic rings. The maximum absolute atomic E-state index is 13.6. The van der Waals surface area contributed by atoms with Gasteiger partial charge in [-0.05, 0) is 29.8 Å². The SMILES string of the molecule is COc1ccc(CNC(=O)Cn2cnc3onc(-c4cccc(F)c4)c3c2=O)cc1. The van der Waals surface area contributed by atoms with Gasteiger partial charge in [-0.2, -0.15) is 0 Å². The van der Waals surface area contributed by atoms with Crippen LogP contribution in [0.15, 0.2) is 64.2 Å². The van der Waals surface area contributed by atoms with Crippen molar-refractivity contribution >= 4 is 17.0 Å². The van der Waals surface area contributed by atoms with Crippen LogP contribution >= 0.6 is 0 Å². The summed E-state index contributed by atoms with van der Waals surface area (Å²) in [4.78, 5) is 29.3. The Labute approximate surface area is 169 Å². The topological polar surface area (TPSA) is 99.2 Å². The van der Waals surface area contributed by atoms with Crippen molar-refractivity contribution in [2.24, 2.45) is 0 Å². The molecule has 2 aromatic heterocycles. The van der Waals surface area contributed by atoms with Crippen LogP contribution in [0.1, 0.15) is 5.56 Å². The molecule has 9 heteroatoms. The van der Waals surface area contributed by atoms with E-state index in [2.05, 4.69) is 15.5 Å². The second-order valence-electron chi connectivity index (χ2n) is 6.52. The van der Waals surface area contributed by atoms with Gasteiger partial charge in [-0.15, -0.1) is 0 Å². The van der Waals surface area contributed by atoms with Crippen molar-refractivity contribution in [1.29, 1.82) is 0 Å². The smallest absolute Gasteiger partial charge is 0.267 e. The zero-order valence-electron chi connectivity index (χ0n) is 16.0. The number of nitrogens with zero attached hydrogens (tertiary/aromatic N) is 3. The maximum atomic E-state index is 13.6. The van der Waals surface area contributed by atoms with E-state index in [4.69, 9.17) is 9.26 Å².